The number of halogens is 2. The third-order valence-corrected chi connectivity index (χ3v) is 3.32. The van der Waals surface area contributed by atoms with Gasteiger partial charge in [-0.3, -0.25) is 0 Å². The molecule has 0 atom stereocenters. The Labute approximate surface area is 124 Å². The molecule has 0 amide bonds. The number of para-hydroxylation sites is 1. The van der Waals surface area contributed by atoms with Crippen molar-refractivity contribution in [1.82, 2.24) is 9.97 Å². The molecule has 0 aliphatic carbocycles. The van der Waals surface area contributed by atoms with Gasteiger partial charge in [-0.25, -0.2) is 14.4 Å². The van der Waals surface area contributed by atoms with Crippen LogP contribution >= 0.6 is 15.9 Å². The van der Waals surface area contributed by atoms with Crippen molar-refractivity contribution in [3.63, 3.8) is 0 Å². The predicted octanol–water partition coefficient (Wildman–Crippen LogP) is 3.01. The third kappa shape index (κ3) is 2.98. The molecule has 1 aromatic heterocycles. The molecule has 106 valence electrons. The highest BCUT2D eigenvalue weighted by Crippen LogP contribution is 2.28. The van der Waals surface area contributed by atoms with E-state index < -0.39 is 0 Å². The highest BCUT2D eigenvalue weighted by atomic mass is 79.9. The summed E-state index contributed by atoms with van der Waals surface area (Å²) in [5.74, 6) is 0.419. The Balaban J connectivity index is 2.27. The Bertz CT molecular complexity index is 568. The van der Waals surface area contributed by atoms with Crippen LogP contribution in [0, 0.1) is 5.82 Å². The molecule has 0 aliphatic rings. The number of rotatable bonds is 5. The minimum absolute atomic E-state index is 0.271. The number of nitrogens with zero attached hydrogens (tertiary/aromatic N) is 2. The van der Waals surface area contributed by atoms with Crippen molar-refractivity contribution in [2.24, 2.45) is 0 Å². The lowest BCUT2D eigenvalue weighted by Gasteiger charge is -2.13. The summed E-state index contributed by atoms with van der Waals surface area (Å²) in [6.45, 7) is 0.271. The van der Waals surface area contributed by atoms with Crippen molar-refractivity contribution in [2.45, 2.75) is 6.54 Å². The van der Waals surface area contributed by atoms with Crippen LogP contribution in [0.4, 0.5) is 10.1 Å². The first-order chi connectivity index (χ1) is 9.67. The maximum atomic E-state index is 13.7. The molecule has 1 heterocycles. The fourth-order valence-electron chi connectivity index (χ4n) is 1.73. The van der Waals surface area contributed by atoms with Crippen LogP contribution in [0.3, 0.4) is 0 Å². The number of ether oxygens (including phenoxy) is 2. The van der Waals surface area contributed by atoms with Crippen LogP contribution in [0.25, 0.3) is 0 Å². The van der Waals surface area contributed by atoms with Crippen LogP contribution < -0.4 is 14.8 Å². The van der Waals surface area contributed by atoms with Crippen LogP contribution in [-0.4, -0.2) is 24.2 Å². The van der Waals surface area contributed by atoms with Gasteiger partial charge < -0.3 is 14.8 Å². The number of anilines is 1. The van der Waals surface area contributed by atoms with Crippen molar-refractivity contribution in [2.75, 3.05) is 19.5 Å². The molecule has 0 saturated heterocycles. The largest absolute Gasteiger partial charge is 0.481 e. The zero-order valence-corrected chi connectivity index (χ0v) is 12.6. The van der Waals surface area contributed by atoms with E-state index in [1.54, 1.807) is 12.1 Å². The van der Waals surface area contributed by atoms with Crippen LogP contribution in [-0.2, 0) is 6.54 Å². The predicted molar refractivity (Wildman–Crippen MR) is 76.6 cm³/mol. The Kier molecular flexibility index (Phi) is 4.73. The molecular formula is C13H13BrFN3O2. The van der Waals surface area contributed by atoms with E-state index in [1.807, 2.05) is 0 Å². The number of methoxy groups -OCH3 is 2. The Morgan fingerprint density at radius 1 is 1.20 bits per heavy atom. The molecule has 20 heavy (non-hydrogen) atoms. The van der Waals surface area contributed by atoms with E-state index in [4.69, 9.17) is 9.47 Å². The van der Waals surface area contributed by atoms with Gasteiger partial charge in [-0.2, -0.15) is 0 Å². The Morgan fingerprint density at radius 2 is 1.85 bits per heavy atom. The zero-order valence-electron chi connectivity index (χ0n) is 11.0. The number of hydrogen-bond donors (Lipinski definition) is 1. The topological polar surface area (TPSA) is 56.3 Å². The van der Waals surface area contributed by atoms with Crippen LogP contribution in [0.2, 0.25) is 0 Å². The SMILES string of the molecule is COc1ncnc(OC)c1CNc1c(F)cccc1Br. The lowest BCUT2D eigenvalue weighted by atomic mass is 10.2. The highest BCUT2D eigenvalue weighted by Gasteiger charge is 2.14. The standard InChI is InChI=1S/C13H13BrFN3O2/c1-19-12-8(13(20-2)18-7-17-12)6-16-11-9(14)4-3-5-10(11)15/h3-5,7,16H,6H2,1-2H3. The van der Waals surface area contributed by atoms with E-state index in [1.165, 1.54) is 26.6 Å². The summed E-state index contributed by atoms with van der Waals surface area (Å²) in [6, 6.07) is 4.75. The van der Waals surface area contributed by atoms with Gasteiger partial charge in [0.25, 0.3) is 0 Å². The summed E-state index contributed by atoms with van der Waals surface area (Å²) < 4.78 is 24.7. The quantitative estimate of drug-likeness (QED) is 0.905. The maximum absolute atomic E-state index is 13.7. The summed E-state index contributed by atoms with van der Waals surface area (Å²) in [6.07, 6.45) is 1.35. The molecule has 0 bridgehead atoms. The smallest absolute Gasteiger partial charge is 0.225 e. The second kappa shape index (κ2) is 6.51. The van der Waals surface area contributed by atoms with Gasteiger partial charge in [0, 0.05) is 4.47 Å². The molecule has 0 saturated carbocycles. The molecule has 1 aromatic carbocycles. The first-order valence-electron chi connectivity index (χ1n) is 5.77. The average molecular weight is 342 g/mol. The maximum Gasteiger partial charge on any atom is 0.225 e. The fraction of sp³-hybridized carbons (Fsp3) is 0.231. The molecule has 0 fully saturated rings. The summed E-state index contributed by atoms with van der Waals surface area (Å²) >= 11 is 3.30. The molecule has 0 unspecified atom stereocenters. The van der Waals surface area contributed by atoms with Gasteiger partial charge in [-0.15, -0.1) is 0 Å². The van der Waals surface area contributed by atoms with Gasteiger partial charge in [0.2, 0.25) is 11.8 Å². The molecule has 5 nitrogen and oxygen atoms in total. The van der Waals surface area contributed by atoms with Gasteiger partial charge >= 0.3 is 0 Å². The highest BCUT2D eigenvalue weighted by molar-refractivity contribution is 9.10. The molecule has 0 aliphatic heterocycles. The monoisotopic (exact) mass is 341 g/mol. The first-order valence-corrected chi connectivity index (χ1v) is 6.56. The summed E-state index contributed by atoms with van der Waals surface area (Å²) in [5, 5.41) is 2.99. The van der Waals surface area contributed by atoms with Crippen molar-refractivity contribution in [3.8, 4) is 11.8 Å². The van der Waals surface area contributed by atoms with Gasteiger partial charge in [0.15, 0.2) is 0 Å². The summed E-state index contributed by atoms with van der Waals surface area (Å²) in [7, 11) is 3.01. The van der Waals surface area contributed by atoms with E-state index in [0.29, 0.717) is 27.5 Å². The lowest BCUT2D eigenvalue weighted by molar-refractivity contribution is 0.363. The van der Waals surface area contributed by atoms with Gasteiger partial charge in [-0.05, 0) is 28.1 Å². The van der Waals surface area contributed by atoms with Crippen LogP contribution in [0.15, 0.2) is 29.0 Å². The second-order valence-electron chi connectivity index (χ2n) is 3.82. The van der Waals surface area contributed by atoms with Crippen LogP contribution in [0.1, 0.15) is 5.56 Å². The van der Waals surface area contributed by atoms with Gasteiger partial charge in [-0.1, -0.05) is 6.07 Å². The van der Waals surface area contributed by atoms with Gasteiger partial charge in [0.1, 0.15) is 12.1 Å². The molecule has 0 radical (unpaired) electrons. The molecular weight excluding hydrogens is 329 g/mol. The van der Waals surface area contributed by atoms with Crippen LogP contribution in [0.5, 0.6) is 11.8 Å². The number of hydrogen-bond acceptors (Lipinski definition) is 5. The van der Waals surface area contributed by atoms with E-state index in [-0.39, 0.29) is 12.4 Å². The molecule has 2 aromatic rings. The zero-order chi connectivity index (χ0) is 14.5. The van der Waals surface area contributed by atoms with Crippen molar-refractivity contribution < 1.29 is 13.9 Å². The number of benzene rings is 1. The van der Waals surface area contributed by atoms with E-state index in [0.717, 1.165) is 0 Å². The molecule has 7 heteroatoms. The van der Waals surface area contributed by atoms with E-state index in [2.05, 4.69) is 31.2 Å². The molecule has 0 spiro atoms. The Morgan fingerprint density at radius 3 is 2.40 bits per heavy atom. The Hall–Kier alpha value is -1.89. The summed E-state index contributed by atoms with van der Waals surface area (Å²) in [4.78, 5) is 8.01. The minimum Gasteiger partial charge on any atom is -0.481 e. The minimum atomic E-state index is -0.353. The molecule has 2 rings (SSSR count). The number of nitrogens with one attached hydrogen (secondary N) is 1. The normalized spacial score (nSPS) is 10.2. The van der Waals surface area contributed by atoms with Gasteiger partial charge in [0.05, 0.1) is 32.0 Å². The average Bonchev–Trinajstić information content (AvgIpc) is 2.46. The van der Waals surface area contributed by atoms with Crippen molar-refractivity contribution in [1.29, 1.82) is 0 Å². The van der Waals surface area contributed by atoms with E-state index in [9.17, 15) is 4.39 Å². The van der Waals surface area contributed by atoms with Crippen molar-refractivity contribution in [3.05, 3.63) is 40.4 Å². The lowest BCUT2D eigenvalue weighted by Crippen LogP contribution is -2.08. The second-order valence-corrected chi connectivity index (χ2v) is 4.68. The first kappa shape index (κ1) is 14.5. The number of aromatic nitrogens is 2. The van der Waals surface area contributed by atoms with E-state index >= 15 is 0 Å². The summed E-state index contributed by atoms with van der Waals surface area (Å²) in [5.41, 5.74) is 0.980. The third-order valence-electron chi connectivity index (χ3n) is 2.66. The molecule has 1 N–H and O–H groups in total. The van der Waals surface area contributed by atoms with Crippen molar-refractivity contribution >= 4 is 21.6 Å². The fourth-order valence-corrected chi connectivity index (χ4v) is 2.21.